The lowest BCUT2D eigenvalue weighted by Crippen LogP contribution is -2.19. The lowest BCUT2D eigenvalue weighted by Gasteiger charge is -2.23. The molecule has 0 saturated carbocycles. The number of benzene rings is 1. The Morgan fingerprint density at radius 2 is 2.00 bits per heavy atom. The van der Waals surface area contributed by atoms with E-state index >= 15 is 0 Å². The Morgan fingerprint density at radius 1 is 1.31 bits per heavy atom. The zero-order valence-corrected chi connectivity index (χ0v) is 17.9. The molecular formula is C22H23FN2O3S. The summed E-state index contributed by atoms with van der Waals surface area (Å²) in [6, 6.07) is 5.26. The van der Waals surface area contributed by atoms with Crippen molar-refractivity contribution in [2.45, 2.75) is 33.8 Å². The van der Waals surface area contributed by atoms with Gasteiger partial charge in [0.1, 0.15) is 10.6 Å². The standard InChI is InChI=1S/C22H23FN2O3S/c1-10(2)28-20(22(26)27-6)17-13(5)25-21-15(9-11(3)29-21)18(17)14-7-8-16(24)19(23)12(14)4/h7-9,20H,1,24H2,2-6H3/t20-/m0/s1. The molecule has 0 unspecified atom stereocenters. The fourth-order valence-corrected chi connectivity index (χ4v) is 4.36. The van der Waals surface area contributed by atoms with Crippen LogP contribution in [0.1, 0.15) is 34.7 Å². The third kappa shape index (κ3) is 3.70. The Kier molecular flexibility index (Phi) is 5.61. The fourth-order valence-electron chi connectivity index (χ4n) is 3.42. The smallest absolute Gasteiger partial charge is 0.351 e. The van der Waals surface area contributed by atoms with Gasteiger partial charge in [-0.05, 0) is 51.0 Å². The summed E-state index contributed by atoms with van der Waals surface area (Å²) in [5.74, 6) is -0.718. The molecule has 0 aliphatic carbocycles. The lowest BCUT2D eigenvalue weighted by molar-refractivity contribution is -0.152. The first-order valence-corrected chi connectivity index (χ1v) is 9.82. The van der Waals surface area contributed by atoms with Gasteiger partial charge in [0, 0.05) is 27.1 Å². The first kappa shape index (κ1) is 20.8. The number of halogens is 1. The van der Waals surface area contributed by atoms with E-state index in [1.165, 1.54) is 24.5 Å². The van der Waals surface area contributed by atoms with E-state index in [9.17, 15) is 9.18 Å². The highest BCUT2D eigenvalue weighted by Crippen LogP contribution is 2.43. The van der Waals surface area contributed by atoms with E-state index in [1.54, 1.807) is 26.8 Å². The molecule has 0 amide bonds. The minimum Gasteiger partial charge on any atom is -0.479 e. The average molecular weight is 415 g/mol. The van der Waals surface area contributed by atoms with Gasteiger partial charge < -0.3 is 15.2 Å². The number of allylic oxidation sites excluding steroid dienone is 1. The highest BCUT2D eigenvalue weighted by molar-refractivity contribution is 7.18. The number of thiophene rings is 1. The van der Waals surface area contributed by atoms with Crippen molar-refractivity contribution in [1.82, 2.24) is 4.98 Å². The maximum absolute atomic E-state index is 14.7. The number of aryl methyl sites for hydroxylation is 2. The van der Waals surface area contributed by atoms with Gasteiger partial charge in [-0.1, -0.05) is 12.6 Å². The number of pyridine rings is 1. The molecule has 0 saturated heterocycles. The van der Waals surface area contributed by atoms with Gasteiger partial charge in [0.2, 0.25) is 6.10 Å². The van der Waals surface area contributed by atoms with Crippen LogP contribution in [0.3, 0.4) is 0 Å². The molecule has 0 bridgehead atoms. The molecule has 0 spiro atoms. The molecule has 3 aromatic rings. The van der Waals surface area contributed by atoms with Crippen LogP contribution in [0.25, 0.3) is 21.3 Å². The number of fused-ring (bicyclic) bond motifs is 1. The number of methoxy groups -OCH3 is 1. The number of hydrogen-bond donors (Lipinski definition) is 1. The summed E-state index contributed by atoms with van der Waals surface area (Å²) in [6.07, 6.45) is -1.08. The molecule has 1 atom stereocenters. The molecule has 0 aliphatic rings. The quantitative estimate of drug-likeness (QED) is 0.345. The number of rotatable bonds is 5. The van der Waals surface area contributed by atoms with E-state index in [1.807, 2.05) is 13.0 Å². The van der Waals surface area contributed by atoms with Crippen LogP contribution >= 0.6 is 11.3 Å². The Bertz CT molecular complexity index is 1140. The van der Waals surface area contributed by atoms with Gasteiger partial charge in [0.15, 0.2) is 0 Å². The maximum atomic E-state index is 14.7. The van der Waals surface area contributed by atoms with Crippen LogP contribution in [0.5, 0.6) is 0 Å². The number of aromatic nitrogens is 1. The number of anilines is 1. The van der Waals surface area contributed by atoms with Crippen molar-refractivity contribution in [2.24, 2.45) is 0 Å². The van der Waals surface area contributed by atoms with Gasteiger partial charge in [0.05, 0.1) is 18.6 Å². The van der Waals surface area contributed by atoms with Crippen molar-refractivity contribution >= 4 is 33.2 Å². The summed E-state index contributed by atoms with van der Waals surface area (Å²) in [6.45, 7) is 10.8. The van der Waals surface area contributed by atoms with E-state index in [0.29, 0.717) is 33.7 Å². The molecule has 5 nitrogen and oxygen atoms in total. The van der Waals surface area contributed by atoms with Crippen LogP contribution in [0, 0.1) is 26.6 Å². The Labute approximate surface area is 173 Å². The summed E-state index contributed by atoms with van der Waals surface area (Å²) in [4.78, 5) is 19.2. The zero-order valence-electron chi connectivity index (χ0n) is 17.1. The fraction of sp³-hybridized carbons (Fsp3) is 0.273. The number of carbonyl (C=O) groups is 1. The first-order valence-electron chi connectivity index (χ1n) is 9.01. The number of esters is 1. The minimum absolute atomic E-state index is 0.0685. The molecule has 1 aromatic carbocycles. The summed E-state index contributed by atoms with van der Waals surface area (Å²) in [5.41, 5.74) is 8.64. The largest absolute Gasteiger partial charge is 0.479 e. The minimum atomic E-state index is -1.08. The van der Waals surface area contributed by atoms with Crippen molar-refractivity contribution in [1.29, 1.82) is 0 Å². The molecule has 152 valence electrons. The Balaban J connectivity index is 2.46. The van der Waals surface area contributed by atoms with E-state index < -0.39 is 17.9 Å². The van der Waals surface area contributed by atoms with E-state index in [2.05, 4.69) is 11.6 Å². The first-order chi connectivity index (χ1) is 13.6. The Morgan fingerprint density at radius 3 is 2.62 bits per heavy atom. The number of ether oxygens (including phenoxy) is 2. The molecule has 3 rings (SSSR count). The summed E-state index contributed by atoms with van der Waals surface area (Å²) < 4.78 is 25.4. The van der Waals surface area contributed by atoms with Gasteiger partial charge in [-0.3, -0.25) is 0 Å². The number of nitrogen functional groups attached to an aromatic ring is 1. The van der Waals surface area contributed by atoms with Gasteiger partial charge in [-0.25, -0.2) is 14.2 Å². The molecule has 29 heavy (non-hydrogen) atoms. The van der Waals surface area contributed by atoms with Crippen LogP contribution in [0.2, 0.25) is 0 Å². The molecular weight excluding hydrogens is 391 g/mol. The van der Waals surface area contributed by atoms with Crippen LogP contribution in [-0.2, 0) is 14.3 Å². The predicted octanol–water partition coefficient (Wildman–Crippen LogP) is 5.37. The summed E-state index contributed by atoms with van der Waals surface area (Å²) in [5, 5.41) is 0.819. The highest BCUT2D eigenvalue weighted by Gasteiger charge is 2.31. The van der Waals surface area contributed by atoms with Crippen molar-refractivity contribution in [2.75, 3.05) is 12.8 Å². The van der Waals surface area contributed by atoms with E-state index in [4.69, 9.17) is 15.2 Å². The highest BCUT2D eigenvalue weighted by atomic mass is 32.1. The summed E-state index contributed by atoms with van der Waals surface area (Å²) >= 11 is 1.53. The van der Waals surface area contributed by atoms with Gasteiger partial charge in [-0.15, -0.1) is 11.3 Å². The molecule has 0 radical (unpaired) electrons. The van der Waals surface area contributed by atoms with Crippen LogP contribution in [0.15, 0.2) is 30.5 Å². The van der Waals surface area contributed by atoms with E-state index in [-0.39, 0.29) is 5.69 Å². The lowest BCUT2D eigenvalue weighted by atomic mass is 9.90. The van der Waals surface area contributed by atoms with Gasteiger partial charge in [0.25, 0.3) is 0 Å². The van der Waals surface area contributed by atoms with Gasteiger partial charge >= 0.3 is 5.97 Å². The van der Waals surface area contributed by atoms with E-state index in [0.717, 1.165) is 15.1 Å². The zero-order chi connectivity index (χ0) is 21.5. The van der Waals surface area contributed by atoms with Crippen LogP contribution in [-0.4, -0.2) is 18.1 Å². The second kappa shape index (κ2) is 7.83. The second-order valence-electron chi connectivity index (χ2n) is 6.93. The summed E-state index contributed by atoms with van der Waals surface area (Å²) in [7, 11) is 1.29. The second-order valence-corrected chi connectivity index (χ2v) is 8.16. The number of hydrogen-bond acceptors (Lipinski definition) is 6. The molecule has 2 aromatic heterocycles. The van der Waals surface area contributed by atoms with Crippen LogP contribution < -0.4 is 5.73 Å². The number of nitrogens with two attached hydrogens (primary N) is 1. The van der Waals surface area contributed by atoms with Crippen LogP contribution in [0.4, 0.5) is 10.1 Å². The molecule has 2 heterocycles. The molecule has 7 heteroatoms. The van der Waals surface area contributed by atoms with Crippen molar-refractivity contribution in [3.63, 3.8) is 0 Å². The SMILES string of the molecule is C=C(C)O[C@H](C(=O)OC)c1c(C)nc2sc(C)cc2c1-c1ccc(N)c(F)c1C. The molecule has 0 aliphatic heterocycles. The Hall–Kier alpha value is -2.93. The third-order valence-corrected chi connectivity index (χ3v) is 5.66. The molecule has 2 N–H and O–H groups in total. The van der Waals surface area contributed by atoms with Crippen molar-refractivity contribution < 1.29 is 18.7 Å². The average Bonchev–Trinajstić information content (AvgIpc) is 3.03. The van der Waals surface area contributed by atoms with Crippen molar-refractivity contribution in [3.8, 4) is 11.1 Å². The predicted molar refractivity (Wildman–Crippen MR) is 114 cm³/mol. The number of carbonyl (C=O) groups excluding carboxylic acids is 1. The topological polar surface area (TPSA) is 74.4 Å². The normalized spacial score (nSPS) is 12.1. The number of nitrogens with zero attached hydrogens (tertiary/aromatic N) is 1. The third-order valence-electron chi connectivity index (χ3n) is 4.72. The molecule has 0 fully saturated rings. The monoisotopic (exact) mass is 414 g/mol. The van der Waals surface area contributed by atoms with Crippen molar-refractivity contribution in [3.05, 3.63) is 58.1 Å². The van der Waals surface area contributed by atoms with Gasteiger partial charge in [-0.2, -0.15) is 0 Å². The maximum Gasteiger partial charge on any atom is 0.351 e.